The van der Waals surface area contributed by atoms with E-state index in [-0.39, 0.29) is 29.8 Å². The van der Waals surface area contributed by atoms with Crippen LogP contribution in [-0.2, 0) is 15.9 Å². The minimum Gasteiger partial charge on any atom is -0.462 e. The first-order valence-electron chi connectivity index (χ1n) is 11.1. The number of aromatic amines is 2. The largest absolute Gasteiger partial charge is 0.462 e. The van der Waals surface area contributed by atoms with Crippen LogP contribution < -0.4 is 10.2 Å². The Morgan fingerprint density at radius 3 is 2.81 bits per heavy atom. The minimum absolute atomic E-state index is 0.175. The quantitative estimate of drug-likeness (QED) is 0.490. The van der Waals surface area contributed by atoms with Crippen LogP contribution in [0.4, 0.5) is 5.82 Å². The van der Waals surface area contributed by atoms with E-state index >= 15 is 0 Å². The first-order valence-corrected chi connectivity index (χ1v) is 11.5. The molecule has 3 rings (SSSR count). The highest BCUT2D eigenvalue weighted by Crippen LogP contribution is 2.23. The molecule has 9 nitrogen and oxygen atoms in total. The number of amides is 1. The van der Waals surface area contributed by atoms with Gasteiger partial charge in [0.05, 0.1) is 30.0 Å². The highest BCUT2D eigenvalue weighted by molar-refractivity contribution is 6.30. The van der Waals surface area contributed by atoms with Crippen LogP contribution in [0.2, 0.25) is 5.15 Å². The number of anilines is 1. The SMILES string of the molecule is CCOC(=O)c1c[nH]c(N2CCC(NC(=O)c3nc(Cl)c(CC)[nH]3)C(OCC(C)C)C2)c1. The second kappa shape index (κ2) is 10.9. The summed E-state index contributed by atoms with van der Waals surface area (Å²) in [4.78, 5) is 37.2. The van der Waals surface area contributed by atoms with Crippen molar-refractivity contribution < 1.29 is 19.1 Å². The van der Waals surface area contributed by atoms with Gasteiger partial charge in [0.1, 0.15) is 5.82 Å². The van der Waals surface area contributed by atoms with Crippen molar-refractivity contribution in [1.82, 2.24) is 20.3 Å². The third-order valence-electron chi connectivity index (χ3n) is 5.34. The first-order chi connectivity index (χ1) is 15.3. The molecule has 2 unspecified atom stereocenters. The molecular formula is C22H32ClN5O4. The van der Waals surface area contributed by atoms with Crippen molar-refractivity contribution in [1.29, 1.82) is 0 Å². The van der Waals surface area contributed by atoms with Gasteiger partial charge in [0.25, 0.3) is 5.91 Å². The van der Waals surface area contributed by atoms with Gasteiger partial charge < -0.3 is 29.7 Å². The Morgan fingerprint density at radius 1 is 1.38 bits per heavy atom. The van der Waals surface area contributed by atoms with Crippen LogP contribution in [0.3, 0.4) is 0 Å². The average Bonchev–Trinajstić information content (AvgIpc) is 3.40. The van der Waals surface area contributed by atoms with E-state index in [1.165, 1.54) is 0 Å². The Labute approximate surface area is 193 Å². The van der Waals surface area contributed by atoms with Crippen molar-refractivity contribution in [2.75, 3.05) is 31.2 Å². The maximum Gasteiger partial charge on any atom is 0.339 e. The molecule has 0 bridgehead atoms. The van der Waals surface area contributed by atoms with E-state index in [2.05, 4.69) is 39.0 Å². The molecule has 2 aromatic heterocycles. The van der Waals surface area contributed by atoms with E-state index in [9.17, 15) is 9.59 Å². The number of nitrogens with zero attached hydrogens (tertiary/aromatic N) is 2. The monoisotopic (exact) mass is 465 g/mol. The number of rotatable bonds is 9. The molecule has 0 aliphatic carbocycles. The lowest BCUT2D eigenvalue weighted by Gasteiger charge is -2.39. The van der Waals surface area contributed by atoms with Crippen LogP contribution in [0, 0.1) is 5.92 Å². The summed E-state index contributed by atoms with van der Waals surface area (Å²) in [5.74, 6) is 0.737. The van der Waals surface area contributed by atoms with E-state index in [0.717, 1.165) is 11.5 Å². The molecule has 1 aliphatic heterocycles. The first kappa shape index (κ1) is 24.1. The second-order valence-corrected chi connectivity index (χ2v) is 8.64. The molecule has 10 heteroatoms. The predicted molar refractivity (Wildman–Crippen MR) is 122 cm³/mol. The van der Waals surface area contributed by atoms with Crippen LogP contribution in [-0.4, -0.2) is 65.3 Å². The summed E-state index contributed by atoms with van der Waals surface area (Å²) in [6.07, 6.45) is 2.77. The Bertz CT molecular complexity index is 925. The average molecular weight is 466 g/mol. The number of imidazole rings is 1. The van der Waals surface area contributed by atoms with Crippen LogP contribution in [0.1, 0.15) is 60.8 Å². The Hall–Kier alpha value is -2.52. The normalized spacial score (nSPS) is 18.8. The number of carbonyl (C=O) groups is 2. The van der Waals surface area contributed by atoms with Gasteiger partial charge in [-0.25, -0.2) is 9.78 Å². The molecule has 1 saturated heterocycles. The van der Waals surface area contributed by atoms with E-state index in [1.807, 2.05) is 6.92 Å². The zero-order chi connectivity index (χ0) is 23.3. The number of hydrogen-bond donors (Lipinski definition) is 3. The summed E-state index contributed by atoms with van der Waals surface area (Å²) in [5.41, 5.74) is 1.22. The van der Waals surface area contributed by atoms with Crippen molar-refractivity contribution >= 4 is 29.3 Å². The van der Waals surface area contributed by atoms with Gasteiger partial charge in [-0.1, -0.05) is 32.4 Å². The third kappa shape index (κ3) is 5.83. The topological polar surface area (TPSA) is 112 Å². The Morgan fingerprint density at radius 2 is 2.16 bits per heavy atom. The van der Waals surface area contributed by atoms with Crippen molar-refractivity contribution in [2.45, 2.75) is 52.7 Å². The number of halogens is 1. The fourth-order valence-corrected chi connectivity index (χ4v) is 3.91. The van der Waals surface area contributed by atoms with E-state index in [4.69, 9.17) is 21.1 Å². The molecule has 2 aromatic rings. The third-order valence-corrected chi connectivity index (χ3v) is 5.65. The van der Waals surface area contributed by atoms with Gasteiger partial charge in [-0.05, 0) is 31.7 Å². The summed E-state index contributed by atoms with van der Waals surface area (Å²) in [6.45, 7) is 10.1. The molecule has 176 valence electrons. The van der Waals surface area contributed by atoms with Gasteiger partial charge in [0, 0.05) is 25.9 Å². The van der Waals surface area contributed by atoms with Crippen molar-refractivity contribution in [3.05, 3.63) is 34.5 Å². The zero-order valence-corrected chi connectivity index (χ0v) is 19.8. The molecule has 32 heavy (non-hydrogen) atoms. The highest BCUT2D eigenvalue weighted by Gasteiger charge is 2.33. The van der Waals surface area contributed by atoms with Crippen LogP contribution in [0.25, 0.3) is 0 Å². The second-order valence-electron chi connectivity index (χ2n) is 8.28. The van der Waals surface area contributed by atoms with E-state index in [1.54, 1.807) is 19.2 Å². The maximum atomic E-state index is 12.8. The Kier molecular flexibility index (Phi) is 8.20. The number of aromatic nitrogens is 3. The number of carbonyl (C=O) groups excluding carboxylic acids is 2. The number of aryl methyl sites for hydroxylation is 1. The summed E-state index contributed by atoms with van der Waals surface area (Å²) >= 11 is 6.09. The molecule has 1 aliphatic rings. The molecule has 3 heterocycles. The molecule has 0 radical (unpaired) electrons. The minimum atomic E-state index is -0.353. The van der Waals surface area contributed by atoms with Gasteiger partial charge >= 0.3 is 5.97 Å². The number of H-pyrrole nitrogens is 2. The van der Waals surface area contributed by atoms with Crippen LogP contribution in [0.15, 0.2) is 12.3 Å². The molecule has 3 N–H and O–H groups in total. The van der Waals surface area contributed by atoms with Gasteiger partial charge in [-0.3, -0.25) is 4.79 Å². The van der Waals surface area contributed by atoms with E-state index in [0.29, 0.717) is 55.8 Å². The lowest BCUT2D eigenvalue weighted by atomic mass is 10.0. The van der Waals surface area contributed by atoms with Crippen LogP contribution in [0.5, 0.6) is 0 Å². The van der Waals surface area contributed by atoms with Gasteiger partial charge in [0.2, 0.25) is 0 Å². The van der Waals surface area contributed by atoms with Crippen molar-refractivity contribution in [3.63, 3.8) is 0 Å². The Balaban J connectivity index is 1.69. The number of ether oxygens (including phenoxy) is 2. The van der Waals surface area contributed by atoms with Gasteiger partial charge in [0.15, 0.2) is 11.0 Å². The summed E-state index contributed by atoms with van der Waals surface area (Å²) in [5, 5.41) is 3.38. The maximum absolute atomic E-state index is 12.8. The number of nitrogens with one attached hydrogen (secondary N) is 3. The van der Waals surface area contributed by atoms with Crippen LogP contribution >= 0.6 is 11.6 Å². The lowest BCUT2D eigenvalue weighted by Crippen LogP contribution is -2.55. The molecule has 1 amide bonds. The smallest absolute Gasteiger partial charge is 0.339 e. The molecule has 0 spiro atoms. The van der Waals surface area contributed by atoms with Crippen molar-refractivity contribution in [3.8, 4) is 0 Å². The van der Waals surface area contributed by atoms with Crippen molar-refractivity contribution in [2.24, 2.45) is 5.92 Å². The molecule has 0 aromatic carbocycles. The highest BCUT2D eigenvalue weighted by atomic mass is 35.5. The summed E-state index contributed by atoms with van der Waals surface area (Å²) < 4.78 is 11.2. The predicted octanol–water partition coefficient (Wildman–Crippen LogP) is 3.18. The lowest BCUT2D eigenvalue weighted by molar-refractivity contribution is 0.00695. The van der Waals surface area contributed by atoms with E-state index < -0.39 is 0 Å². The fraction of sp³-hybridized carbons (Fsp3) is 0.591. The molecule has 1 fully saturated rings. The van der Waals surface area contributed by atoms with Gasteiger partial charge in [-0.2, -0.15) is 0 Å². The zero-order valence-electron chi connectivity index (χ0n) is 19.0. The summed E-state index contributed by atoms with van der Waals surface area (Å²) in [6, 6.07) is 1.61. The molecular weight excluding hydrogens is 434 g/mol. The number of hydrogen-bond acceptors (Lipinski definition) is 6. The summed E-state index contributed by atoms with van der Waals surface area (Å²) in [7, 11) is 0. The fourth-order valence-electron chi connectivity index (χ4n) is 3.65. The molecule has 0 saturated carbocycles. The number of piperidine rings is 1. The molecule has 2 atom stereocenters. The standard InChI is InChI=1S/C22H32ClN5O4/c1-5-15-19(23)27-20(25-15)21(29)26-16-7-8-28(11-17(16)32-12-13(3)4)18-9-14(10-24-18)22(30)31-6-2/h9-10,13,16-17,24H,5-8,11-12H2,1-4H3,(H,25,27)(H,26,29). The van der Waals surface area contributed by atoms with Gasteiger partial charge in [-0.15, -0.1) is 0 Å². The number of esters is 1.